The van der Waals surface area contributed by atoms with Gasteiger partial charge in [-0.1, -0.05) is 20.8 Å². The lowest BCUT2D eigenvalue weighted by atomic mass is 9.79. The number of rotatable bonds is 2. The minimum atomic E-state index is 0. The number of likely N-dealkylation sites (tertiary alicyclic amines) is 1. The number of amides is 1. The molecule has 1 fully saturated rings. The second-order valence-corrected chi connectivity index (χ2v) is 7.32. The summed E-state index contributed by atoms with van der Waals surface area (Å²) >= 11 is 1.64. The van der Waals surface area contributed by atoms with Gasteiger partial charge in [0.25, 0.3) is 5.91 Å². The quantitative estimate of drug-likeness (QED) is 0.910. The summed E-state index contributed by atoms with van der Waals surface area (Å²) in [5.74, 6) is 0.174. The topological polar surface area (TPSA) is 46.3 Å². The minimum Gasteiger partial charge on any atom is -0.337 e. The monoisotopic (exact) mass is 316 g/mol. The Hall–Kier alpha value is -0.580. The number of piperidine rings is 1. The molecule has 1 aliphatic rings. The fourth-order valence-corrected chi connectivity index (χ4v) is 3.76. The van der Waals surface area contributed by atoms with Crippen molar-refractivity contribution in [1.82, 2.24) is 4.90 Å². The standard InChI is InChI=1S/C15H24N2OS.ClH/c1-5-11-10(2)8-12(19-11)14(18)17-7-6-13(16)15(3,4)9-17;/h8,13H,5-7,9,16H2,1-4H3;1H. The Morgan fingerprint density at radius 2 is 2.20 bits per heavy atom. The van der Waals surface area contributed by atoms with Crippen LogP contribution in [-0.2, 0) is 6.42 Å². The molecule has 114 valence electrons. The molecule has 2 rings (SSSR count). The van der Waals surface area contributed by atoms with Crippen LogP contribution in [0.4, 0.5) is 0 Å². The molecule has 0 aliphatic carbocycles. The van der Waals surface area contributed by atoms with Crippen LogP contribution in [-0.4, -0.2) is 29.9 Å². The van der Waals surface area contributed by atoms with Gasteiger partial charge in [-0.15, -0.1) is 23.7 Å². The van der Waals surface area contributed by atoms with E-state index < -0.39 is 0 Å². The first kappa shape index (κ1) is 17.5. The van der Waals surface area contributed by atoms with E-state index in [-0.39, 0.29) is 29.8 Å². The summed E-state index contributed by atoms with van der Waals surface area (Å²) in [6, 6.07) is 2.22. The molecule has 0 bridgehead atoms. The highest BCUT2D eigenvalue weighted by atomic mass is 35.5. The number of aryl methyl sites for hydroxylation is 2. The smallest absolute Gasteiger partial charge is 0.263 e. The van der Waals surface area contributed by atoms with Gasteiger partial charge < -0.3 is 10.6 Å². The predicted octanol–water partition coefficient (Wildman–Crippen LogP) is 3.24. The van der Waals surface area contributed by atoms with Crippen LogP contribution < -0.4 is 5.73 Å². The molecule has 0 aromatic carbocycles. The van der Waals surface area contributed by atoms with Crippen LogP contribution in [0.3, 0.4) is 0 Å². The molecule has 1 saturated heterocycles. The minimum absolute atomic E-state index is 0. The predicted molar refractivity (Wildman–Crippen MR) is 88.0 cm³/mol. The fraction of sp³-hybridized carbons (Fsp3) is 0.667. The van der Waals surface area contributed by atoms with Gasteiger partial charge in [-0.25, -0.2) is 0 Å². The van der Waals surface area contributed by atoms with E-state index in [1.165, 1.54) is 10.4 Å². The van der Waals surface area contributed by atoms with Gasteiger partial charge in [0.1, 0.15) is 0 Å². The Bertz CT molecular complexity index is 484. The molecule has 1 amide bonds. The summed E-state index contributed by atoms with van der Waals surface area (Å²) in [6.45, 7) is 10.0. The van der Waals surface area contributed by atoms with Crippen molar-refractivity contribution in [2.24, 2.45) is 11.1 Å². The number of thiophene rings is 1. The molecular formula is C15H25ClN2OS. The number of nitrogens with two attached hydrogens (primary N) is 1. The normalized spacial score (nSPS) is 21.4. The average molecular weight is 317 g/mol. The molecule has 1 aliphatic heterocycles. The summed E-state index contributed by atoms with van der Waals surface area (Å²) in [5.41, 5.74) is 7.38. The molecule has 3 nitrogen and oxygen atoms in total. The molecule has 20 heavy (non-hydrogen) atoms. The number of carbonyl (C=O) groups is 1. The largest absolute Gasteiger partial charge is 0.337 e. The fourth-order valence-electron chi connectivity index (χ4n) is 2.68. The zero-order valence-corrected chi connectivity index (χ0v) is 14.4. The second kappa shape index (κ2) is 6.46. The zero-order chi connectivity index (χ0) is 14.2. The van der Waals surface area contributed by atoms with Gasteiger partial charge >= 0.3 is 0 Å². The van der Waals surface area contributed by atoms with Crippen molar-refractivity contribution < 1.29 is 4.79 Å². The number of hydrogen-bond donors (Lipinski definition) is 1. The van der Waals surface area contributed by atoms with Crippen LogP contribution >= 0.6 is 23.7 Å². The number of halogens is 1. The van der Waals surface area contributed by atoms with Crippen molar-refractivity contribution in [3.63, 3.8) is 0 Å². The van der Waals surface area contributed by atoms with Gasteiger partial charge in [-0.05, 0) is 36.8 Å². The van der Waals surface area contributed by atoms with Crippen LogP contribution in [0.5, 0.6) is 0 Å². The van der Waals surface area contributed by atoms with E-state index in [0.29, 0.717) is 0 Å². The molecule has 0 saturated carbocycles. The van der Waals surface area contributed by atoms with E-state index in [9.17, 15) is 4.79 Å². The van der Waals surface area contributed by atoms with Crippen LogP contribution in [0.25, 0.3) is 0 Å². The molecule has 2 heterocycles. The van der Waals surface area contributed by atoms with Crippen molar-refractivity contribution in [3.8, 4) is 0 Å². The van der Waals surface area contributed by atoms with Crippen LogP contribution in [0.2, 0.25) is 0 Å². The van der Waals surface area contributed by atoms with E-state index in [1.54, 1.807) is 11.3 Å². The maximum Gasteiger partial charge on any atom is 0.263 e. The molecule has 0 radical (unpaired) electrons. The third-order valence-electron chi connectivity index (χ3n) is 4.15. The molecule has 5 heteroatoms. The third kappa shape index (κ3) is 3.35. The molecular weight excluding hydrogens is 292 g/mol. The van der Waals surface area contributed by atoms with Gasteiger partial charge in [0.2, 0.25) is 0 Å². The second-order valence-electron chi connectivity index (χ2n) is 6.18. The number of carbonyl (C=O) groups excluding carboxylic acids is 1. The van der Waals surface area contributed by atoms with Gasteiger partial charge in [-0.3, -0.25) is 4.79 Å². The lowest BCUT2D eigenvalue weighted by molar-refractivity contribution is 0.0537. The van der Waals surface area contributed by atoms with E-state index in [4.69, 9.17) is 5.73 Å². The summed E-state index contributed by atoms with van der Waals surface area (Å²) in [4.78, 5) is 16.7. The van der Waals surface area contributed by atoms with Crippen molar-refractivity contribution in [2.45, 2.75) is 46.6 Å². The van der Waals surface area contributed by atoms with Crippen LogP contribution in [0.15, 0.2) is 6.07 Å². The lowest BCUT2D eigenvalue weighted by Crippen LogP contribution is -2.53. The first-order valence-corrected chi connectivity index (χ1v) is 7.81. The Balaban J connectivity index is 0.00000200. The van der Waals surface area contributed by atoms with Crippen molar-refractivity contribution in [3.05, 3.63) is 21.4 Å². The van der Waals surface area contributed by atoms with Gasteiger partial charge in [0, 0.05) is 24.0 Å². The molecule has 1 aromatic rings. The Labute approximate surface area is 131 Å². The first-order valence-electron chi connectivity index (χ1n) is 6.99. The Morgan fingerprint density at radius 1 is 1.55 bits per heavy atom. The molecule has 0 spiro atoms. The van der Waals surface area contributed by atoms with E-state index in [0.717, 1.165) is 30.8 Å². The molecule has 1 atom stereocenters. The van der Waals surface area contributed by atoms with E-state index in [2.05, 4.69) is 27.7 Å². The maximum atomic E-state index is 12.6. The third-order valence-corrected chi connectivity index (χ3v) is 5.52. The molecule has 1 unspecified atom stereocenters. The van der Waals surface area contributed by atoms with Crippen molar-refractivity contribution >= 4 is 29.7 Å². The Morgan fingerprint density at radius 3 is 2.70 bits per heavy atom. The number of nitrogens with zero attached hydrogens (tertiary/aromatic N) is 1. The van der Waals surface area contributed by atoms with Crippen molar-refractivity contribution in [1.29, 1.82) is 0 Å². The van der Waals surface area contributed by atoms with Gasteiger partial charge in [0.15, 0.2) is 0 Å². The molecule has 2 N–H and O–H groups in total. The van der Waals surface area contributed by atoms with E-state index in [1.807, 2.05) is 11.0 Å². The van der Waals surface area contributed by atoms with Crippen molar-refractivity contribution in [2.75, 3.05) is 13.1 Å². The SMILES string of the molecule is CCc1sc(C(=O)N2CCC(N)C(C)(C)C2)cc1C.Cl. The molecule has 1 aromatic heterocycles. The Kier molecular flexibility index (Phi) is 5.64. The maximum absolute atomic E-state index is 12.6. The first-order chi connectivity index (χ1) is 8.85. The average Bonchev–Trinajstić information content (AvgIpc) is 2.73. The van der Waals surface area contributed by atoms with Crippen LogP contribution in [0, 0.1) is 12.3 Å². The number of hydrogen-bond acceptors (Lipinski definition) is 3. The summed E-state index contributed by atoms with van der Waals surface area (Å²) < 4.78 is 0. The van der Waals surface area contributed by atoms with Gasteiger partial charge in [-0.2, -0.15) is 0 Å². The van der Waals surface area contributed by atoms with Crippen LogP contribution in [0.1, 0.15) is 47.3 Å². The summed E-state index contributed by atoms with van der Waals surface area (Å²) in [7, 11) is 0. The summed E-state index contributed by atoms with van der Waals surface area (Å²) in [6.07, 6.45) is 1.89. The summed E-state index contributed by atoms with van der Waals surface area (Å²) in [5, 5.41) is 0. The van der Waals surface area contributed by atoms with Gasteiger partial charge in [0.05, 0.1) is 4.88 Å². The van der Waals surface area contributed by atoms with E-state index >= 15 is 0 Å². The highest BCUT2D eigenvalue weighted by Crippen LogP contribution is 2.30. The highest BCUT2D eigenvalue weighted by Gasteiger charge is 2.35. The zero-order valence-electron chi connectivity index (χ0n) is 12.7. The highest BCUT2D eigenvalue weighted by molar-refractivity contribution is 7.14. The lowest BCUT2D eigenvalue weighted by Gasteiger charge is -2.42.